The van der Waals surface area contributed by atoms with Crippen molar-refractivity contribution in [1.29, 1.82) is 0 Å². The Morgan fingerprint density at radius 1 is 1.12 bits per heavy atom. The summed E-state index contributed by atoms with van der Waals surface area (Å²) < 4.78 is 11.0. The van der Waals surface area contributed by atoms with Crippen molar-refractivity contribution in [3.63, 3.8) is 0 Å². The fourth-order valence-corrected chi connectivity index (χ4v) is 5.37. The molecule has 2 bridgehead atoms. The van der Waals surface area contributed by atoms with Crippen LogP contribution in [0.15, 0.2) is 52.2 Å². The van der Waals surface area contributed by atoms with Crippen molar-refractivity contribution in [2.75, 3.05) is 6.61 Å². The van der Waals surface area contributed by atoms with Crippen LogP contribution in [0.2, 0.25) is 5.02 Å². The van der Waals surface area contributed by atoms with Gasteiger partial charge < -0.3 is 9.15 Å². The molecule has 1 aliphatic heterocycles. The Hall–Kier alpha value is -2.93. The fourth-order valence-electron chi connectivity index (χ4n) is 5.25. The van der Waals surface area contributed by atoms with Crippen molar-refractivity contribution in [1.82, 2.24) is 5.01 Å². The van der Waals surface area contributed by atoms with Gasteiger partial charge in [0.15, 0.2) is 6.61 Å². The number of halogens is 1. The number of ether oxygens (including phenoxy) is 1. The van der Waals surface area contributed by atoms with Gasteiger partial charge in [0.25, 0.3) is 5.91 Å². The summed E-state index contributed by atoms with van der Waals surface area (Å²) >= 11 is 5.99. The van der Waals surface area contributed by atoms with Crippen molar-refractivity contribution in [2.45, 2.75) is 44.6 Å². The molecule has 0 unspecified atom stereocenters. The van der Waals surface area contributed by atoms with Crippen LogP contribution in [0.4, 0.5) is 0 Å². The number of carbonyl (C=O) groups is 3. The molecule has 2 aliphatic carbocycles. The van der Waals surface area contributed by atoms with Gasteiger partial charge in [0.05, 0.1) is 17.9 Å². The van der Waals surface area contributed by atoms with E-state index in [2.05, 4.69) is 5.10 Å². The number of fused-ring (bicyclic) bond motifs is 2. The molecule has 2 heterocycles. The van der Waals surface area contributed by atoms with E-state index in [-0.39, 0.29) is 17.8 Å². The monoisotopic (exact) mass is 468 g/mol. The fraction of sp³-hybridized carbons (Fsp3) is 0.440. The van der Waals surface area contributed by atoms with E-state index in [4.69, 9.17) is 20.8 Å². The summed E-state index contributed by atoms with van der Waals surface area (Å²) in [6.45, 7) is -0.396. The Bertz CT molecular complexity index is 1060. The second kappa shape index (κ2) is 9.14. The summed E-state index contributed by atoms with van der Waals surface area (Å²) in [5.41, 5.74) is 1.59. The summed E-state index contributed by atoms with van der Waals surface area (Å²) in [7, 11) is 0. The molecule has 33 heavy (non-hydrogen) atoms. The predicted molar refractivity (Wildman–Crippen MR) is 120 cm³/mol. The summed E-state index contributed by atoms with van der Waals surface area (Å²) in [6.07, 6.45) is 5.82. The van der Waals surface area contributed by atoms with Crippen LogP contribution < -0.4 is 0 Å². The quantitative estimate of drug-likeness (QED) is 0.600. The number of hydrogen-bond acceptors (Lipinski definition) is 6. The van der Waals surface area contributed by atoms with Crippen molar-refractivity contribution < 1.29 is 23.5 Å². The normalized spacial score (nSPS) is 26.8. The Kier molecular flexibility index (Phi) is 6.06. The number of hydrazone groups is 1. The second-order valence-corrected chi connectivity index (χ2v) is 9.47. The topological polar surface area (TPSA) is 89.2 Å². The number of rotatable bonds is 5. The number of furan rings is 1. The molecular formula is C25H25ClN2O5. The van der Waals surface area contributed by atoms with Crippen molar-refractivity contribution >= 4 is 35.0 Å². The van der Waals surface area contributed by atoms with E-state index in [0.29, 0.717) is 35.8 Å². The lowest BCUT2D eigenvalue weighted by atomic mass is 9.67. The van der Waals surface area contributed by atoms with Gasteiger partial charge in [-0.25, -0.2) is 5.01 Å². The lowest BCUT2D eigenvalue weighted by Gasteiger charge is -2.36. The summed E-state index contributed by atoms with van der Waals surface area (Å²) in [5, 5.41) is 6.49. The zero-order valence-electron chi connectivity index (χ0n) is 18.1. The Morgan fingerprint density at radius 2 is 1.85 bits per heavy atom. The minimum absolute atomic E-state index is 0.0424. The van der Waals surface area contributed by atoms with Crippen LogP contribution in [0.3, 0.4) is 0 Å². The molecule has 2 aromatic rings. The molecule has 0 spiro atoms. The Morgan fingerprint density at radius 3 is 2.52 bits per heavy atom. The van der Waals surface area contributed by atoms with Crippen LogP contribution in [0, 0.1) is 17.8 Å². The highest BCUT2D eigenvalue weighted by Gasteiger charge is 2.42. The minimum Gasteiger partial charge on any atom is -0.467 e. The highest BCUT2D eigenvalue weighted by Crippen LogP contribution is 2.40. The number of hydrogen-bond donors (Lipinski definition) is 0. The second-order valence-electron chi connectivity index (χ2n) is 9.03. The predicted octanol–water partition coefficient (Wildman–Crippen LogP) is 4.55. The molecule has 1 aromatic heterocycles. The number of benzene rings is 1. The van der Waals surface area contributed by atoms with E-state index in [1.165, 1.54) is 5.01 Å². The van der Waals surface area contributed by atoms with E-state index >= 15 is 0 Å². The van der Waals surface area contributed by atoms with E-state index in [1.807, 2.05) is 12.1 Å². The van der Waals surface area contributed by atoms with E-state index in [1.54, 1.807) is 30.5 Å². The average Bonchev–Trinajstić information content (AvgIpc) is 3.47. The van der Waals surface area contributed by atoms with Gasteiger partial charge in [-0.05, 0) is 55.5 Å². The first-order valence-electron chi connectivity index (χ1n) is 11.4. The standard InChI is InChI=1S/C25H25ClN2O5/c26-19-8-6-15(7-9-19)20-13-21(22-5-2-10-32-22)28(27-20)23(29)14-33-25(31)18-11-16-3-1-4-17(12-18)24(16)30/h2,5-10,16-18,21H,1,3-4,11-14H2/t16-,17-,21-/m1/s1. The Balaban J connectivity index is 1.27. The molecule has 3 atom stereocenters. The van der Waals surface area contributed by atoms with Gasteiger partial charge in [-0.15, -0.1) is 0 Å². The van der Waals surface area contributed by atoms with E-state index in [0.717, 1.165) is 30.5 Å². The van der Waals surface area contributed by atoms with Gasteiger partial charge in [0, 0.05) is 23.3 Å². The van der Waals surface area contributed by atoms with Crippen molar-refractivity contribution in [3.05, 3.63) is 59.0 Å². The maximum absolute atomic E-state index is 13.0. The number of ketones is 1. The van der Waals surface area contributed by atoms with Crippen LogP contribution in [0.25, 0.3) is 0 Å². The summed E-state index contributed by atoms with van der Waals surface area (Å²) in [4.78, 5) is 38.0. The molecule has 0 radical (unpaired) electrons. The average molecular weight is 469 g/mol. The SMILES string of the molecule is O=C(OCC(=O)N1N=C(c2ccc(Cl)cc2)C[C@@H]1c1ccco1)C1C[C@H]2CCC[C@H](C1)C2=O. The van der Waals surface area contributed by atoms with Crippen LogP contribution >= 0.6 is 11.6 Å². The molecule has 8 heteroatoms. The molecule has 2 saturated carbocycles. The van der Waals surface area contributed by atoms with Crippen LogP contribution in [-0.4, -0.2) is 35.0 Å². The van der Waals surface area contributed by atoms with Crippen LogP contribution in [0.5, 0.6) is 0 Å². The van der Waals surface area contributed by atoms with E-state index in [9.17, 15) is 14.4 Å². The minimum atomic E-state index is -0.416. The van der Waals surface area contributed by atoms with Gasteiger partial charge in [0.1, 0.15) is 17.6 Å². The first-order valence-corrected chi connectivity index (χ1v) is 11.8. The largest absolute Gasteiger partial charge is 0.467 e. The van der Waals surface area contributed by atoms with Gasteiger partial charge >= 0.3 is 5.97 Å². The van der Waals surface area contributed by atoms with E-state index < -0.39 is 24.5 Å². The molecule has 1 aromatic carbocycles. The molecule has 3 aliphatic rings. The van der Waals surface area contributed by atoms with Crippen LogP contribution in [0.1, 0.15) is 55.9 Å². The Labute approximate surface area is 196 Å². The molecule has 2 fully saturated rings. The summed E-state index contributed by atoms with van der Waals surface area (Å²) in [6, 6.07) is 10.4. The number of carbonyl (C=O) groups excluding carboxylic acids is 3. The highest BCUT2D eigenvalue weighted by atomic mass is 35.5. The molecule has 172 valence electrons. The lowest BCUT2D eigenvalue weighted by Crippen LogP contribution is -2.40. The van der Waals surface area contributed by atoms with Crippen molar-refractivity contribution in [3.8, 4) is 0 Å². The first-order chi connectivity index (χ1) is 16.0. The number of Topliss-reactive ketones (excluding diaryl/α,β-unsaturated/α-hetero) is 1. The molecule has 7 nitrogen and oxygen atoms in total. The first kappa shape index (κ1) is 21.9. The maximum atomic E-state index is 13.0. The third-order valence-corrected chi connectivity index (χ3v) is 7.19. The zero-order chi connectivity index (χ0) is 22.9. The number of nitrogens with zero attached hydrogens (tertiary/aromatic N) is 2. The van der Waals surface area contributed by atoms with Gasteiger partial charge in [-0.3, -0.25) is 14.4 Å². The molecule has 0 N–H and O–H groups in total. The van der Waals surface area contributed by atoms with Gasteiger partial charge in [0.2, 0.25) is 0 Å². The smallest absolute Gasteiger partial charge is 0.309 e. The number of esters is 1. The van der Waals surface area contributed by atoms with Gasteiger partial charge in [-0.1, -0.05) is 30.2 Å². The van der Waals surface area contributed by atoms with Crippen LogP contribution in [-0.2, 0) is 19.1 Å². The third kappa shape index (κ3) is 4.47. The molecule has 0 saturated heterocycles. The molecule has 5 rings (SSSR count). The lowest BCUT2D eigenvalue weighted by molar-refractivity contribution is -0.159. The highest BCUT2D eigenvalue weighted by molar-refractivity contribution is 6.30. The number of amides is 1. The van der Waals surface area contributed by atoms with Crippen molar-refractivity contribution in [2.24, 2.45) is 22.9 Å². The summed E-state index contributed by atoms with van der Waals surface area (Å²) in [5.74, 6) is -0.314. The van der Waals surface area contributed by atoms with Gasteiger partial charge in [-0.2, -0.15) is 5.10 Å². The third-order valence-electron chi connectivity index (χ3n) is 6.93. The molecule has 1 amide bonds. The maximum Gasteiger partial charge on any atom is 0.309 e. The zero-order valence-corrected chi connectivity index (χ0v) is 18.9. The molecular weight excluding hydrogens is 444 g/mol.